The molecule has 5 fully saturated rings. The number of phenolic OH excluding ortho intramolecular Hbond substituents is 1. The summed E-state index contributed by atoms with van der Waals surface area (Å²) < 4.78 is 0. The van der Waals surface area contributed by atoms with Gasteiger partial charge in [-0.15, -0.1) is 16.6 Å². The van der Waals surface area contributed by atoms with Crippen LogP contribution in [0.2, 0.25) is 0 Å². The third kappa shape index (κ3) is 10.3. The van der Waals surface area contributed by atoms with Crippen LogP contribution < -0.4 is 25.8 Å². The average molecular weight is 939 g/mol. The maximum atomic E-state index is 14.1. The van der Waals surface area contributed by atoms with Gasteiger partial charge in [0, 0.05) is 100 Å². The zero-order chi connectivity index (χ0) is 48.5. The molecule has 4 aliphatic heterocycles. The molecule has 17 nitrogen and oxygen atoms in total. The molecule has 69 heavy (non-hydrogen) atoms. The van der Waals surface area contributed by atoms with Crippen LogP contribution in [-0.2, 0) is 16.1 Å². The van der Waals surface area contributed by atoms with Crippen LogP contribution in [-0.4, -0.2) is 153 Å². The lowest BCUT2D eigenvalue weighted by Gasteiger charge is -2.61. The lowest BCUT2D eigenvalue weighted by Crippen LogP contribution is -2.70. The van der Waals surface area contributed by atoms with Gasteiger partial charge in [0.1, 0.15) is 17.8 Å². The van der Waals surface area contributed by atoms with Crippen molar-refractivity contribution in [2.24, 2.45) is 10.8 Å². The number of terminal acetylenes is 1. The summed E-state index contributed by atoms with van der Waals surface area (Å²) in [5.74, 6) is 3.92. The van der Waals surface area contributed by atoms with Crippen molar-refractivity contribution < 1.29 is 24.6 Å². The number of carbonyl (C=O) groups excluding carboxylic acids is 3. The smallest absolute Gasteiger partial charge is 0.318 e. The molecule has 2 aromatic heterocycles. The molecule has 0 radical (unpaired) electrons. The number of amides is 4. The number of piperidine rings is 1. The van der Waals surface area contributed by atoms with Gasteiger partial charge in [0.25, 0.3) is 0 Å². The van der Waals surface area contributed by atoms with E-state index in [9.17, 15) is 24.6 Å². The van der Waals surface area contributed by atoms with Gasteiger partial charge < -0.3 is 50.7 Å². The Hall–Kier alpha value is -6.51. The highest BCUT2D eigenvalue weighted by Crippen LogP contribution is 2.51. The second kappa shape index (κ2) is 19.8. The highest BCUT2D eigenvalue weighted by Gasteiger charge is 2.56. The molecule has 5 N–H and O–H groups in total. The Bertz CT molecular complexity index is 2510. The van der Waals surface area contributed by atoms with Gasteiger partial charge in [-0.3, -0.25) is 9.59 Å². The Morgan fingerprint density at radius 2 is 1.61 bits per heavy atom. The lowest BCUT2D eigenvalue weighted by atomic mass is 9.60. The number of para-hydroxylation sites is 1. The van der Waals surface area contributed by atoms with Crippen molar-refractivity contribution in [1.29, 1.82) is 0 Å². The van der Waals surface area contributed by atoms with Crippen LogP contribution in [0.3, 0.4) is 0 Å². The van der Waals surface area contributed by atoms with E-state index in [2.05, 4.69) is 46.8 Å². The Kier molecular flexibility index (Phi) is 13.7. The number of nitrogens with zero attached hydrogens (tertiary/aromatic N) is 9. The third-order valence-corrected chi connectivity index (χ3v) is 14.9. The summed E-state index contributed by atoms with van der Waals surface area (Å²) in [6.45, 7) is 15.2. The number of aromatic nitrogens is 4. The number of carbonyl (C=O) groups is 3. The molecule has 9 rings (SSSR count). The second-order valence-corrected chi connectivity index (χ2v) is 20.7. The average Bonchev–Trinajstić information content (AvgIpc) is 3.73. The van der Waals surface area contributed by atoms with Crippen molar-refractivity contribution in [3.63, 3.8) is 0 Å². The number of nitrogens with one attached hydrogen (secondary N) is 3. The molecule has 1 saturated carbocycles. The molecule has 4 amide bonds. The van der Waals surface area contributed by atoms with E-state index in [1.807, 2.05) is 82.6 Å². The zero-order valence-electron chi connectivity index (χ0n) is 40.3. The number of β-amino-alcohol motifs (C(OH)–C–C–N with tert-alkyl or cyclic N) is 1. The molecule has 2 aromatic carbocycles. The minimum atomic E-state index is -0.883. The Labute approximate surface area is 405 Å². The zero-order valence-corrected chi connectivity index (χ0v) is 40.3. The molecule has 0 bridgehead atoms. The molecule has 0 unspecified atom stereocenters. The summed E-state index contributed by atoms with van der Waals surface area (Å²) in [7, 11) is 0. The number of aliphatic hydroxyl groups excluding tert-OH is 1. The van der Waals surface area contributed by atoms with Crippen molar-refractivity contribution in [3.05, 3.63) is 83.7 Å². The van der Waals surface area contributed by atoms with Crippen LogP contribution in [0.5, 0.6) is 5.75 Å². The SMILES string of the molecule is C#Cc1ccc(CNC(=O)[C@@H]2C[C@@H](O)CN2C(=O)[C@@H](NC(=O)N2CC3(CC(N4CCC(c5cnc(N6CCN(c7cc(-c8ccccc8O)nnc7NCC)CC6)nc5)CC4)C3)C2)C(C)(C)C)cc1. The van der Waals surface area contributed by atoms with E-state index in [1.54, 1.807) is 17.0 Å². The number of anilines is 3. The van der Waals surface area contributed by atoms with Gasteiger partial charge >= 0.3 is 6.03 Å². The summed E-state index contributed by atoms with van der Waals surface area (Å²) in [6.07, 6.45) is 13.0. The molecule has 1 spiro atoms. The Morgan fingerprint density at radius 1 is 0.928 bits per heavy atom. The van der Waals surface area contributed by atoms with Crippen LogP contribution in [0.4, 0.5) is 22.2 Å². The van der Waals surface area contributed by atoms with Gasteiger partial charge in [-0.2, -0.15) is 0 Å². The molecule has 1 aliphatic carbocycles. The topological polar surface area (TPSA) is 196 Å². The normalized spacial score (nSPS) is 21.3. The van der Waals surface area contributed by atoms with Gasteiger partial charge in [0.2, 0.25) is 17.8 Å². The summed E-state index contributed by atoms with van der Waals surface area (Å²) in [6, 6.07) is 15.0. The lowest BCUT2D eigenvalue weighted by molar-refractivity contribution is -0.142. The van der Waals surface area contributed by atoms with Crippen LogP contribution in [0.25, 0.3) is 11.3 Å². The van der Waals surface area contributed by atoms with E-state index in [0.717, 1.165) is 100 Å². The molecular weight excluding hydrogens is 873 g/mol. The molecule has 4 aromatic rings. The number of piperazine rings is 1. The number of rotatable bonds is 12. The summed E-state index contributed by atoms with van der Waals surface area (Å²) in [4.78, 5) is 61.3. The van der Waals surface area contributed by atoms with Gasteiger partial charge in [0.05, 0.1) is 17.5 Å². The number of hydrogen-bond acceptors (Lipinski definition) is 13. The molecular formula is C52H66N12O5. The molecule has 3 atom stereocenters. The van der Waals surface area contributed by atoms with E-state index in [4.69, 9.17) is 16.4 Å². The summed E-state index contributed by atoms with van der Waals surface area (Å²) in [5, 5.41) is 39.3. The predicted molar refractivity (Wildman–Crippen MR) is 264 cm³/mol. The number of benzene rings is 2. The van der Waals surface area contributed by atoms with Gasteiger partial charge in [-0.05, 0) is 98.5 Å². The van der Waals surface area contributed by atoms with Crippen molar-refractivity contribution in [3.8, 4) is 29.4 Å². The highest BCUT2D eigenvalue weighted by atomic mass is 16.3. The quantitative estimate of drug-likeness (QED) is 0.125. The molecule has 4 saturated heterocycles. The van der Waals surface area contributed by atoms with Crippen molar-refractivity contribution >= 4 is 35.3 Å². The van der Waals surface area contributed by atoms with Crippen molar-refractivity contribution in [1.82, 2.24) is 45.5 Å². The minimum Gasteiger partial charge on any atom is -0.507 e. The van der Waals surface area contributed by atoms with Gasteiger partial charge in [-0.1, -0.05) is 51.0 Å². The summed E-state index contributed by atoms with van der Waals surface area (Å²) >= 11 is 0. The molecule has 6 heterocycles. The van der Waals surface area contributed by atoms with E-state index in [0.29, 0.717) is 36.3 Å². The maximum absolute atomic E-state index is 14.1. The number of hydrogen-bond donors (Lipinski definition) is 5. The standard InChI is InChI=1S/C52H66N12O5/c1-6-34-12-14-35(15-13-34)28-54-47(67)43-24-39(65)31-64(43)48(68)45(51(3,4)5)57-50(69)63-32-52(33-63)26-38(27-52)60-18-16-36(17-19-60)37-29-55-49(56-30-37)62-22-20-61(21-23-62)42-25-41(58-59-46(42)53-7-2)40-10-8-9-11-44(40)66/h1,8-15,25,29-30,36,38-39,43,45,65-66H,7,16-24,26-28,31-33H2,2-5H3,(H,53,59)(H,54,67)(H,57,69)/t39-,43+,45-/m1/s1. The molecule has 5 aliphatic rings. The maximum Gasteiger partial charge on any atom is 0.318 e. The van der Waals surface area contributed by atoms with E-state index in [1.165, 1.54) is 10.5 Å². The first-order valence-electron chi connectivity index (χ1n) is 24.5. The third-order valence-electron chi connectivity index (χ3n) is 14.9. The highest BCUT2D eigenvalue weighted by molar-refractivity contribution is 5.93. The fourth-order valence-electron chi connectivity index (χ4n) is 10.9. The minimum absolute atomic E-state index is 0.0250. The van der Waals surface area contributed by atoms with Crippen molar-refractivity contribution in [2.75, 3.05) is 80.6 Å². The van der Waals surface area contributed by atoms with Crippen LogP contribution in [0.15, 0.2) is 67.0 Å². The van der Waals surface area contributed by atoms with E-state index >= 15 is 0 Å². The number of phenols is 1. The summed E-state index contributed by atoms with van der Waals surface area (Å²) in [5.41, 5.74) is 4.51. The number of likely N-dealkylation sites (tertiary alicyclic amines) is 3. The Balaban J connectivity index is 0.715. The Morgan fingerprint density at radius 3 is 2.26 bits per heavy atom. The number of aliphatic hydroxyl groups is 1. The van der Waals surface area contributed by atoms with Crippen LogP contribution in [0, 0.1) is 23.2 Å². The van der Waals surface area contributed by atoms with Gasteiger partial charge in [-0.25, -0.2) is 14.8 Å². The monoisotopic (exact) mass is 939 g/mol. The first-order chi connectivity index (χ1) is 33.2. The van der Waals surface area contributed by atoms with E-state index < -0.39 is 23.6 Å². The van der Waals surface area contributed by atoms with Crippen LogP contribution in [0.1, 0.15) is 82.4 Å². The molecule has 364 valence electrons. The first kappa shape index (κ1) is 47.6. The molecule has 17 heteroatoms. The van der Waals surface area contributed by atoms with Crippen molar-refractivity contribution in [2.45, 2.75) is 96.5 Å². The van der Waals surface area contributed by atoms with Crippen LogP contribution >= 0.6 is 0 Å². The van der Waals surface area contributed by atoms with E-state index in [-0.39, 0.29) is 48.5 Å². The first-order valence-corrected chi connectivity index (χ1v) is 24.5. The van der Waals surface area contributed by atoms with Gasteiger partial charge in [0.15, 0.2) is 5.82 Å². The fraction of sp³-hybridized carbons (Fsp3) is 0.519. The number of aromatic hydroxyl groups is 1. The number of urea groups is 1. The second-order valence-electron chi connectivity index (χ2n) is 20.7. The predicted octanol–water partition coefficient (Wildman–Crippen LogP) is 4.43. The largest absolute Gasteiger partial charge is 0.507 e. The fourth-order valence-corrected chi connectivity index (χ4v) is 10.9.